The van der Waals surface area contributed by atoms with Crippen LogP contribution < -0.4 is 0 Å². The molecule has 0 spiro atoms. The monoisotopic (exact) mass is 248 g/mol. The summed E-state index contributed by atoms with van der Waals surface area (Å²) in [7, 11) is 0. The number of aliphatic hydroxyl groups excluding tert-OH is 1. The highest BCUT2D eigenvalue weighted by Crippen LogP contribution is 2.38. The first kappa shape index (κ1) is 11.5. The van der Waals surface area contributed by atoms with E-state index in [2.05, 4.69) is 4.98 Å². The summed E-state index contributed by atoms with van der Waals surface area (Å²) in [6.45, 7) is 1.27. The van der Waals surface area contributed by atoms with Gasteiger partial charge in [0.05, 0.1) is 17.9 Å². The van der Waals surface area contributed by atoms with E-state index in [9.17, 15) is 15.0 Å². The number of amides is 1. The van der Waals surface area contributed by atoms with E-state index in [4.69, 9.17) is 0 Å². The van der Waals surface area contributed by atoms with Gasteiger partial charge in [-0.3, -0.25) is 9.78 Å². The number of aromatic nitrogens is 1. The van der Waals surface area contributed by atoms with Crippen LogP contribution in [-0.4, -0.2) is 45.2 Å². The van der Waals surface area contributed by atoms with Crippen molar-refractivity contribution in [3.63, 3.8) is 0 Å². The number of aromatic hydroxyl groups is 1. The topological polar surface area (TPSA) is 73.7 Å². The molecule has 5 heteroatoms. The summed E-state index contributed by atoms with van der Waals surface area (Å²) >= 11 is 0. The fraction of sp³-hybridized carbons (Fsp3) is 0.538. The van der Waals surface area contributed by atoms with E-state index in [1.165, 1.54) is 18.5 Å². The second kappa shape index (κ2) is 4.24. The number of fused-ring (bicyclic) bond motifs is 1. The molecular formula is C13H16N2O3. The highest BCUT2D eigenvalue weighted by Gasteiger charge is 2.43. The Morgan fingerprint density at radius 3 is 2.94 bits per heavy atom. The maximum atomic E-state index is 12.3. The minimum atomic E-state index is -0.279. The smallest absolute Gasteiger partial charge is 0.257 e. The number of carbonyl (C=O) groups is 1. The van der Waals surface area contributed by atoms with Crippen molar-refractivity contribution >= 4 is 5.91 Å². The average molecular weight is 248 g/mol. The SMILES string of the molecule is O=C(c1ccncc1O)N1CC2CCC(O)C2C1. The van der Waals surface area contributed by atoms with Crippen LogP contribution in [0.3, 0.4) is 0 Å². The minimum absolute atomic E-state index is 0.0832. The molecule has 1 saturated carbocycles. The Hall–Kier alpha value is -1.62. The third-order valence-corrected chi connectivity index (χ3v) is 4.14. The summed E-state index contributed by atoms with van der Waals surface area (Å²) in [6, 6.07) is 1.53. The Morgan fingerprint density at radius 2 is 2.22 bits per heavy atom. The predicted molar refractivity (Wildman–Crippen MR) is 64.0 cm³/mol. The highest BCUT2D eigenvalue weighted by atomic mass is 16.3. The van der Waals surface area contributed by atoms with E-state index in [1.807, 2.05) is 0 Å². The Morgan fingerprint density at radius 1 is 1.39 bits per heavy atom. The minimum Gasteiger partial charge on any atom is -0.505 e. The van der Waals surface area contributed by atoms with Crippen LogP contribution in [0.2, 0.25) is 0 Å². The van der Waals surface area contributed by atoms with Gasteiger partial charge in [0, 0.05) is 25.2 Å². The van der Waals surface area contributed by atoms with Crippen molar-refractivity contribution in [2.45, 2.75) is 18.9 Å². The van der Waals surface area contributed by atoms with Crippen LogP contribution in [0.25, 0.3) is 0 Å². The number of pyridine rings is 1. The molecule has 0 bridgehead atoms. The molecule has 3 rings (SSSR count). The molecule has 0 radical (unpaired) electrons. The van der Waals surface area contributed by atoms with Gasteiger partial charge in [-0.15, -0.1) is 0 Å². The molecule has 5 nitrogen and oxygen atoms in total. The molecule has 3 unspecified atom stereocenters. The predicted octanol–water partition coefficient (Wildman–Crippen LogP) is 0.630. The largest absolute Gasteiger partial charge is 0.505 e. The van der Waals surface area contributed by atoms with Crippen molar-refractivity contribution in [1.82, 2.24) is 9.88 Å². The van der Waals surface area contributed by atoms with Gasteiger partial charge >= 0.3 is 0 Å². The van der Waals surface area contributed by atoms with Gasteiger partial charge in [0.25, 0.3) is 5.91 Å². The Kier molecular flexibility index (Phi) is 2.70. The first-order valence-corrected chi connectivity index (χ1v) is 6.27. The molecule has 0 aromatic carbocycles. The molecule has 18 heavy (non-hydrogen) atoms. The summed E-state index contributed by atoms with van der Waals surface area (Å²) in [5, 5.41) is 19.5. The Labute approximate surface area is 105 Å². The number of nitrogens with zero attached hydrogens (tertiary/aromatic N) is 2. The summed E-state index contributed by atoms with van der Waals surface area (Å²) < 4.78 is 0. The van der Waals surface area contributed by atoms with E-state index in [0.717, 1.165) is 12.8 Å². The van der Waals surface area contributed by atoms with E-state index < -0.39 is 0 Å². The normalized spacial score (nSPS) is 30.5. The molecule has 1 aliphatic heterocycles. The lowest BCUT2D eigenvalue weighted by Gasteiger charge is -2.18. The van der Waals surface area contributed by atoms with Crippen molar-refractivity contribution in [3.8, 4) is 5.75 Å². The molecule has 1 aliphatic carbocycles. The van der Waals surface area contributed by atoms with Crippen molar-refractivity contribution < 1.29 is 15.0 Å². The number of aliphatic hydroxyl groups is 1. The van der Waals surface area contributed by atoms with E-state index in [0.29, 0.717) is 24.6 Å². The van der Waals surface area contributed by atoms with Crippen LogP contribution in [0.15, 0.2) is 18.5 Å². The lowest BCUT2D eigenvalue weighted by molar-refractivity contribution is 0.0749. The lowest BCUT2D eigenvalue weighted by Crippen LogP contribution is -2.31. The average Bonchev–Trinajstić information content (AvgIpc) is 2.92. The van der Waals surface area contributed by atoms with Crippen LogP contribution in [0.4, 0.5) is 0 Å². The molecule has 2 heterocycles. The van der Waals surface area contributed by atoms with Gasteiger partial charge in [0.2, 0.25) is 0 Å². The Bertz CT molecular complexity index is 477. The first-order chi connectivity index (χ1) is 8.66. The van der Waals surface area contributed by atoms with Crippen molar-refractivity contribution in [2.75, 3.05) is 13.1 Å². The van der Waals surface area contributed by atoms with Crippen LogP contribution in [0, 0.1) is 11.8 Å². The molecule has 2 N–H and O–H groups in total. The van der Waals surface area contributed by atoms with Gasteiger partial charge in [0.1, 0.15) is 5.75 Å². The van der Waals surface area contributed by atoms with Gasteiger partial charge < -0.3 is 15.1 Å². The zero-order chi connectivity index (χ0) is 12.7. The second-order valence-corrected chi connectivity index (χ2v) is 5.17. The lowest BCUT2D eigenvalue weighted by atomic mass is 10.00. The van der Waals surface area contributed by atoms with Crippen molar-refractivity contribution in [1.29, 1.82) is 0 Å². The third kappa shape index (κ3) is 1.75. The molecule has 3 atom stereocenters. The molecule has 2 fully saturated rings. The second-order valence-electron chi connectivity index (χ2n) is 5.17. The van der Waals surface area contributed by atoms with E-state index >= 15 is 0 Å². The number of hydrogen-bond donors (Lipinski definition) is 2. The van der Waals surface area contributed by atoms with Gasteiger partial charge in [-0.2, -0.15) is 0 Å². The van der Waals surface area contributed by atoms with Crippen LogP contribution in [0.1, 0.15) is 23.2 Å². The molecular weight excluding hydrogens is 232 g/mol. The maximum absolute atomic E-state index is 12.3. The maximum Gasteiger partial charge on any atom is 0.257 e. The number of rotatable bonds is 1. The summed E-state index contributed by atoms with van der Waals surface area (Å²) in [5.74, 6) is 0.363. The van der Waals surface area contributed by atoms with Gasteiger partial charge in [-0.05, 0) is 24.8 Å². The van der Waals surface area contributed by atoms with Crippen LogP contribution in [-0.2, 0) is 0 Å². The molecule has 1 saturated heterocycles. The van der Waals surface area contributed by atoms with E-state index in [1.54, 1.807) is 4.90 Å². The number of likely N-dealkylation sites (tertiary alicyclic amines) is 1. The zero-order valence-electron chi connectivity index (χ0n) is 9.99. The molecule has 1 amide bonds. The third-order valence-electron chi connectivity index (χ3n) is 4.14. The molecule has 1 aromatic heterocycles. The highest BCUT2D eigenvalue weighted by molar-refractivity contribution is 5.96. The number of carbonyl (C=O) groups excluding carboxylic acids is 1. The summed E-state index contributed by atoms with van der Waals surface area (Å²) in [4.78, 5) is 17.8. The first-order valence-electron chi connectivity index (χ1n) is 6.27. The molecule has 96 valence electrons. The fourth-order valence-electron chi connectivity index (χ4n) is 3.14. The quantitative estimate of drug-likeness (QED) is 0.764. The van der Waals surface area contributed by atoms with Crippen LogP contribution >= 0.6 is 0 Å². The van der Waals surface area contributed by atoms with E-state index in [-0.39, 0.29) is 23.7 Å². The van der Waals surface area contributed by atoms with Gasteiger partial charge in [-0.25, -0.2) is 0 Å². The zero-order valence-corrected chi connectivity index (χ0v) is 9.99. The Balaban J connectivity index is 1.78. The van der Waals surface area contributed by atoms with Crippen LogP contribution in [0.5, 0.6) is 5.75 Å². The fourth-order valence-corrected chi connectivity index (χ4v) is 3.14. The number of hydrogen-bond acceptors (Lipinski definition) is 4. The molecule has 2 aliphatic rings. The van der Waals surface area contributed by atoms with Crippen molar-refractivity contribution in [2.24, 2.45) is 11.8 Å². The summed E-state index contributed by atoms with van der Waals surface area (Å²) in [5.41, 5.74) is 0.291. The van der Waals surface area contributed by atoms with Gasteiger partial charge in [-0.1, -0.05) is 0 Å². The molecule has 1 aromatic rings. The standard InChI is InChI=1S/C13H16N2O3/c16-11-2-1-8-6-15(7-10(8)11)13(18)9-3-4-14-5-12(9)17/h3-5,8,10-11,16-17H,1-2,6-7H2. The summed E-state index contributed by atoms with van der Waals surface area (Å²) in [6.07, 6.45) is 4.33. The van der Waals surface area contributed by atoms with Crippen molar-refractivity contribution in [3.05, 3.63) is 24.0 Å². The van der Waals surface area contributed by atoms with Gasteiger partial charge in [0.15, 0.2) is 0 Å².